The molecule has 1 aliphatic carbocycles. The molecular weight excluding hydrogens is 234 g/mol. The maximum absolute atomic E-state index is 6.27. The molecule has 3 rings (SSSR count). The van der Waals surface area contributed by atoms with Gasteiger partial charge in [-0.05, 0) is 58.5 Å². The van der Waals surface area contributed by atoms with Gasteiger partial charge in [0.05, 0.1) is 0 Å². The molecule has 1 saturated carbocycles. The Labute approximate surface area is 118 Å². The molecule has 3 heteroatoms. The molecule has 2 heterocycles. The van der Waals surface area contributed by atoms with Crippen LogP contribution in [0.25, 0.3) is 0 Å². The van der Waals surface area contributed by atoms with E-state index in [1.165, 1.54) is 58.0 Å². The van der Waals surface area contributed by atoms with Crippen molar-refractivity contribution in [3.63, 3.8) is 0 Å². The average molecular weight is 265 g/mol. The van der Waals surface area contributed by atoms with Gasteiger partial charge >= 0.3 is 0 Å². The van der Waals surface area contributed by atoms with Crippen molar-refractivity contribution >= 4 is 0 Å². The number of nitrogens with zero attached hydrogens (tertiary/aromatic N) is 2. The molecule has 0 bridgehead atoms. The Balaban J connectivity index is 1.78. The summed E-state index contributed by atoms with van der Waals surface area (Å²) in [6.07, 6.45) is 9.93. The maximum Gasteiger partial charge on any atom is 0.0476 e. The predicted octanol–water partition coefficient (Wildman–Crippen LogP) is 2.06. The monoisotopic (exact) mass is 265 g/mol. The van der Waals surface area contributed by atoms with E-state index in [-0.39, 0.29) is 5.54 Å². The lowest BCUT2D eigenvalue weighted by Crippen LogP contribution is -2.58. The first-order valence-corrected chi connectivity index (χ1v) is 8.33. The van der Waals surface area contributed by atoms with E-state index in [9.17, 15) is 0 Å². The van der Waals surface area contributed by atoms with Crippen LogP contribution in [0.4, 0.5) is 0 Å². The minimum Gasteiger partial charge on any atom is -0.329 e. The fourth-order valence-corrected chi connectivity index (χ4v) is 5.08. The van der Waals surface area contributed by atoms with E-state index in [2.05, 4.69) is 23.8 Å². The Bertz CT molecular complexity index is 301. The smallest absolute Gasteiger partial charge is 0.0476 e. The topological polar surface area (TPSA) is 32.5 Å². The van der Waals surface area contributed by atoms with Crippen LogP contribution in [-0.2, 0) is 0 Å². The largest absolute Gasteiger partial charge is 0.329 e. The number of likely N-dealkylation sites (tertiary alicyclic amines) is 2. The highest BCUT2D eigenvalue weighted by Crippen LogP contribution is 2.42. The molecule has 0 spiro atoms. The molecule has 3 unspecified atom stereocenters. The van der Waals surface area contributed by atoms with Crippen molar-refractivity contribution in [3.8, 4) is 0 Å². The molecule has 0 aromatic rings. The molecule has 2 saturated heterocycles. The van der Waals surface area contributed by atoms with Crippen molar-refractivity contribution in [3.05, 3.63) is 0 Å². The van der Waals surface area contributed by atoms with Crippen molar-refractivity contribution in [2.45, 2.75) is 69.5 Å². The minimum absolute atomic E-state index is 0.276. The summed E-state index contributed by atoms with van der Waals surface area (Å²) < 4.78 is 0. The van der Waals surface area contributed by atoms with Gasteiger partial charge in [-0.3, -0.25) is 4.90 Å². The second-order valence-electron chi connectivity index (χ2n) is 7.34. The Morgan fingerprint density at radius 1 is 1.16 bits per heavy atom. The van der Waals surface area contributed by atoms with Crippen LogP contribution in [0.5, 0.6) is 0 Å². The van der Waals surface area contributed by atoms with Crippen LogP contribution in [0.15, 0.2) is 0 Å². The van der Waals surface area contributed by atoms with E-state index in [4.69, 9.17) is 5.73 Å². The first-order valence-electron chi connectivity index (χ1n) is 8.33. The molecule has 110 valence electrons. The predicted molar refractivity (Wildman–Crippen MR) is 80.2 cm³/mol. The van der Waals surface area contributed by atoms with E-state index < -0.39 is 0 Å². The van der Waals surface area contributed by atoms with Gasteiger partial charge in [-0.2, -0.15) is 0 Å². The zero-order chi connectivity index (χ0) is 13.5. The highest BCUT2D eigenvalue weighted by Gasteiger charge is 2.49. The Morgan fingerprint density at radius 3 is 2.47 bits per heavy atom. The van der Waals surface area contributed by atoms with Crippen molar-refractivity contribution in [1.82, 2.24) is 9.80 Å². The second kappa shape index (κ2) is 5.34. The van der Waals surface area contributed by atoms with Gasteiger partial charge in [-0.25, -0.2) is 0 Å². The van der Waals surface area contributed by atoms with E-state index in [0.717, 1.165) is 18.5 Å². The van der Waals surface area contributed by atoms with Crippen molar-refractivity contribution in [1.29, 1.82) is 0 Å². The summed E-state index contributed by atoms with van der Waals surface area (Å²) in [4.78, 5) is 5.36. The summed E-state index contributed by atoms with van der Waals surface area (Å²) in [6, 6.07) is 1.53. The summed E-state index contributed by atoms with van der Waals surface area (Å²) in [5.74, 6) is 0.965. The fourth-order valence-electron chi connectivity index (χ4n) is 5.08. The average Bonchev–Trinajstić information content (AvgIpc) is 3.09. The van der Waals surface area contributed by atoms with Crippen LogP contribution >= 0.6 is 0 Å². The van der Waals surface area contributed by atoms with Crippen molar-refractivity contribution in [2.75, 3.05) is 26.7 Å². The van der Waals surface area contributed by atoms with E-state index in [1.54, 1.807) is 0 Å². The summed E-state index contributed by atoms with van der Waals surface area (Å²) in [6.45, 7) is 5.66. The van der Waals surface area contributed by atoms with Gasteiger partial charge in [0.1, 0.15) is 0 Å². The number of hydrogen-bond acceptors (Lipinski definition) is 3. The van der Waals surface area contributed by atoms with Gasteiger partial charge in [-0.15, -0.1) is 0 Å². The lowest BCUT2D eigenvalue weighted by molar-refractivity contribution is 0.0606. The van der Waals surface area contributed by atoms with Crippen LogP contribution in [-0.4, -0.2) is 54.1 Å². The van der Waals surface area contributed by atoms with E-state index >= 15 is 0 Å². The molecule has 0 amide bonds. The molecule has 3 fully saturated rings. The van der Waals surface area contributed by atoms with Crippen LogP contribution in [0.3, 0.4) is 0 Å². The lowest BCUT2D eigenvalue weighted by Gasteiger charge is -2.43. The number of rotatable bonds is 3. The third kappa shape index (κ3) is 2.34. The summed E-state index contributed by atoms with van der Waals surface area (Å²) in [7, 11) is 2.27. The molecule has 0 aromatic heterocycles. The Hall–Kier alpha value is -0.120. The molecule has 3 nitrogen and oxygen atoms in total. The lowest BCUT2D eigenvalue weighted by atomic mass is 9.88. The molecule has 3 aliphatic rings. The zero-order valence-corrected chi connectivity index (χ0v) is 12.8. The van der Waals surface area contributed by atoms with Crippen LogP contribution in [0.1, 0.15) is 51.9 Å². The fraction of sp³-hybridized carbons (Fsp3) is 1.00. The summed E-state index contributed by atoms with van der Waals surface area (Å²) in [5.41, 5.74) is 6.54. The zero-order valence-electron chi connectivity index (χ0n) is 12.8. The highest BCUT2D eigenvalue weighted by molar-refractivity contribution is 5.06. The third-order valence-corrected chi connectivity index (χ3v) is 6.20. The summed E-state index contributed by atoms with van der Waals surface area (Å²) >= 11 is 0. The SMILES string of the molecule is CC1CC(CN)(N2CCCC2C2CCCC2)CN1C. The molecule has 19 heavy (non-hydrogen) atoms. The normalized spacial score (nSPS) is 42.5. The standard InChI is InChI=1S/C16H31N3/c1-13-10-16(11-17,12-18(13)2)19-9-5-8-15(19)14-6-3-4-7-14/h13-15H,3-12,17H2,1-2H3. The van der Waals surface area contributed by atoms with Gasteiger partial charge in [0.25, 0.3) is 0 Å². The van der Waals surface area contributed by atoms with Gasteiger partial charge in [0.2, 0.25) is 0 Å². The van der Waals surface area contributed by atoms with Crippen LogP contribution < -0.4 is 5.73 Å². The molecule has 2 N–H and O–H groups in total. The van der Waals surface area contributed by atoms with E-state index in [1.807, 2.05) is 0 Å². The molecule has 2 aliphatic heterocycles. The number of likely N-dealkylation sites (N-methyl/N-ethyl adjacent to an activating group) is 1. The Kier molecular flexibility index (Phi) is 3.89. The van der Waals surface area contributed by atoms with Crippen molar-refractivity contribution in [2.24, 2.45) is 11.7 Å². The van der Waals surface area contributed by atoms with Gasteiger partial charge < -0.3 is 10.6 Å². The van der Waals surface area contributed by atoms with Gasteiger partial charge in [0, 0.05) is 30.7 Å². The van der Waals surface area contributed by atoms with Crippen molar-refractivity contribution < 1.29 is 0 Å². The van der Waals surface area contributed by atoms with Crippen LogP contribution in [0, 0.1) is 5.92 Å². The first-order chi connectivity index (χ1) is 9.16. The third-order valence-electron chi connectivity index (χ3n) is 6.20. The van der Waals surface area contributed by atoms with E-state index in [0.29, 0.717) is 6.04 Å². The quantitative estimate of drug-likeness (QED) is 0.848. The number of nitrogens with two attached hydrogens (primary N) is 1. The highest BCUT2D eigenvalue weighted by atomic mass is 15.3. The van der Waals surface area contributed by atoms with Crippen LogP contribution in [0.2, 0.25) is 0 Å². The second-order valence-corrected chi connectivity index (χ2v) is 7.34. The maximum atomic E-state index is 6.27. The molecular formula is C16H31N3. The molecule has 0 aromatic carbocycles. The van der Waals surface area contributed by atoms with Gasteiger partial charge in [-0.1, -0.05) is 12.8 Å². The van der Waals surface area contributed by atoms with Gasteiger partial charge in [0.15, 0.2) is 0 Å². The summed E-state index contributed by atoms with van der Waals surface area (Å²) in [5, 5.41) is 0. The molecule has 3 atom stereocenters. The minimum atomic E-state index is 0.276. The molecule has 0 radical (unpaired) electrons. The first kappa shape index (κ1) is 13.8. The number of hydrogen-bond donors (Lipinski definition) is 1. The Morgan fingerprint density at radius 2 is 1.89 bits per heavy atom.